The lowest BCUT2D eigenvalue weighted by Crippen LogP contribution is -2.31. The second-order valence-electron chi connectivity index (χ2n) is 4.31. The standard InChI is InChI=1S/C14H21NO4/c1-10-12(18-3)6-5-11(14(10)19-4)7-8-15(2)13(17)9-16/h5-6,16H,7-9H2,1-4H3. The van der Waals surface area contributed by atoms with Gasteiger partial charge in [-0.25, -0.2) is 0 Å². The molecule has 0 aliphatic rings. The van der Waals surface area contributed by atoms with Gasteiger partial charge in [0.15, 0.2) is 0 Å². The highest BCUT2D eigenvalue weighted by atomic mass is 16.5. The van der Waals surface area contributed by atoms with Crippen LogP contribution in [0.5, 0.6) is 11.5 Å². The van der Waals surface area contributed by atoms with Crippen molar-refractivity contribution in [2.75, 3.05) is 34.4 Å². The average Bonchev–Trinajstić information content (AvgIpc) is 2.43. The Labute approximate surface area is 113 Å². The summed E-state index contributed by atoms with van der Waals surface area (Å²) in [6.07, 6.45) is 0.663. The monoisotopic (exact) mass is 267 g/mol. The fraction of sp³-hybridized carbons (Fsp3) is 0.500. The van der Waals surface area contributed by atoms with E-state index in [1.165, 1.54) is 4.90 Å². The molecule has 1 rings (SSSR count). The molecule has 0 saturated heterocycles. The second-order valence-corrected chi connectivity index (χ2v) is 4.31. The minimum Gasteiger partial charge on any atom is -0.496 e. The van der Waals surface area contributed by atoms with Crippen LogP contribution < -0.4 is 9.47 Å². The molecule has 0 aromatic heterocycles. The average molecular weight is 267 g/mol. The quantitative estimate of drug-likeness (QED) is 0.835. The van der Waals surface area contributed by atoms with Gasteiger partial charge in [-0.05, 0) is 25.0 Å². The summed E-state index contributed by atoms with van der Waals surface area (Å²) in [5, 5.41) is 8.78. The molecule has 1 amide bonds. The molecular weight excluding hydrogens is 246 g/mol. The lowest BCUT2D eigenvalue weighted by atomic mass is 10.1. The number of carbonyl (C=O) groups excluding carboxylic acids is 1. The van der Waals surface area contributed by atoms with E-state index in [0.29, 0.717) is 13.0 Å². The number of aliphatic hydroxyl groups is 1. The van der Waals surface area contributed by atoms with Crippen LogP contribution in [-0.2, 0) is 11.2 Å². The van der Waals surface area contributed by atoms with E-state index in [0.717, 1.165) is 22.6 Å². The van der Waals surface area contributed by atoms with Gasteiger partial charge in [0.2, 0.25) is 5.91 Å². The Kier molecular flexibility index (Phi) is 5.63. The van der Waals surface area contributed by atoms with Crippen molar-refractivity contribution in [2.45, 2.75) is 13.3 Å². The first-order chi connectivity index (χ1) is 9.04. The van der Waals surface area contributed by atoms with Crippen LogP contribution in [0.4, 0.5) is 0 Å². The Morgan fingerprint density at radius 3 is 2.53 bits per heavy atom. The number of carbonyl (C=O) groups is 1. The number of amides is 1. The predicted octanol–water partition coefficient (Wildman–Crippen LogP) is 1.01. The van der Waals surface area contributed by atoms with Crippen molar-refractivity contribution < 1.29 is 19.4 Å². The minimum atomic E-state index is -0.463. The molecule has 0 heterocycles. The molecule has 1 N–H and O–H groups in total. The van der Waals surface area contributed by atoms with E-state index in [1.54, 1.807) is 21.3 Å². The molecule has 1 aromatic carbocycles. The molecule has 0 unspecified atom stereocenters. The summed E-state index contributed by atoms with van der Waals surface area (Å²) < 4.78 is 10.7. The Morgan fingerprint density at radius 2 is 2.00 bits per heavy atom. The molecule has 0 atom stereocenters. The smallest absolute Gasteiger partial charge is 0.248 e. The van der Waals surface area contributed by atoms with Gasteiger partial charge in [0.1, 0.15) is 18.1 Å². The number of hydrogen-bond donors (Lipinski definition) is 1. The molecule has 0 bridgehead atoms. The van der Waals surface area contributed by atoms with Crippen LogP contribution in [0.3, 0.4) is 0 Å². The van der Waals surface area contributed by atoms with E-state index in [-0.39, 0.29) is 5.91 Å². The van der Waals surface area contributed by atoms with E-state index in [2.05, 4.69) is 0 Å². The van der Waals surface area contributed by atoms with Crippen molar-refractivity contribution in [3.05, 3.63) is 23.3 Å². The van der Waals surface area contributed by atoms with Crippen LogP contribution in [0.15, 0.2) is 12.1 Å². The van der Waals surface area contributed by atoms with Gasteiger partial charge >= 0.3 is 0 Å². The van der Waals surface area contributed by atoms with E-state index in [9.17, 15) is 4.79 Å². The predicted molar refractivity (Wildman–Crippen MR) is 72.7 cm³/mol. The second kappa shape index (κ2) is 6.99. The van der Waals surface area contributed by atoms with Gasteiger partial charge in [0.25, 0.3) is 0 Å². The highest BCUT2D eigenvalue weighted by molar-refractivity contribution is 5.76. The zero-order valence-corrected chi connectivity index (χ0v) is 11.9. The molecular formula is C14H21NO4. The van der Waals surface area contributed by atoms with Gasteiger partial charge < -0.3 is 19.5 Å². The zero-order valence-electron chi connectivity index (χ0n) is 11.9. The maximum Gasteiger partial charge on any atom is 0.248 e. The fourth-order valence-corrected chi connectivity index (χ4v) is 1.97. The van der Waals surface area contributed by atoms with Gasteiger partial charge in [0.05, 0.1) is 14.2 Å². The van der Waals surface area contributed by atoms with Crippen LogP contribution >= 0.6 is 0 Å². The number of methoxy groups -OCH3 is 2. The number of hydrogen-bond acceptors (Lipinski definition) is 4. The molecule has 0 fully saturated rings. The summed E-state index contributed by atoms with van der Waals surface area (Å²) in [4.78, 5) is 12.8. The third-order valence-electron chi connectivity index (χ3n) is 3.14. The van der Waals surface area contributed by atoms with Crippen LogP contribution in [0.25, 0.3) is 0 Å². The molecule has 0 radical (unpaired) electrons. The Hall–Kier alpha value is -1.75. The molecule has 5 nitrogen and oxygen atoms in total. The zero-order chi connectivity index (χ0) is 14.4. The summed E-state index contributed by atoms with van der Waals surface area (Å²) in [5.74, 6) is 1.27. The van der Waals surface area contributed by atoms with Gasteiger partial charge in [-0.1, -0.05) is 6.07 Å². The number of rotatable bonds is 6. The van der Waals surface area contributed by atoms with Crippen LogP contribution in [0.2, 0.25) is 0 Å². The molecule has 0 aliphatic carbocycles. The van der Waals surface area contributed by atoms with E-state index < -0.39 is 6.61 Å². The number of likely N-dealkylation sites (N-methyl/N-ethyl adjacent to an activating group) is 1. The molecule has 0 spiro atoms. The molecule has 106 valence electrons. The first kappa shape index (κ1) is 15.3. The van der Waals surface area contributed by atoms with Crippen molar-refractivity contribution in [3.63, 3.8) is 0 Å². The third-order valence-corrected chi connectivity index (χ3v) is 3.14. The van der Waals surface area contributed by atoms with E-state index >= 15 is 0 Å². The van der Waals surface area contributed by atoms with Gasteiger partial charge in [-0.15, -0.1) is 0 Å². The van der Waals surface area contributed by atoms with Gasteiger partial charge in [-0.2, -0.15) is 0 Å². The summed E-state index contributed by atoms with van der Waals surface area (Å²) in [6.45, 7) is 2.00. The summed E-state index contributed by atoms with van der Waals surface area (Å²) >= 11 is 0. The van der Waals surface area contributed by atoms with E-state index in [4.69, 9.17) is 14.6 Å². The maximum atomic E-state index is 11.3. The molecule has 0 saturated carbocycles. The first-order valence-electron chi connectivity index (χ1n) is 6.10. The van der Waals surface area contributed by atoms with Crippen molar-refractivity contribution in [2.24, 2.45) is 0 Å². The SMILES string of the molecule is COc1ccc(CCN(C)C(=O)CO)c(OC)c1C. The molecule has 19 heavy (non-hydrogen) atoms. The number of benzene rings is 1. The number of nitrogens with zero attached hydrogens (tertiary/aromatic N) is 1. The molecule has 0 aliphatic heterocycles. The lowest BCUT2D eigenvalue weighted by Gasteiger charge is -2.18. The van der Waals surface area contributed by atoms with Crippen molar-refractivity contribution in [3.8, 4) is 11.5 Å². The number of ether oxygens (including phenoxy) is 2. The highest BCUT2D eigenvalue weighted by Gasteiger charge is 2.13. The van der Waals surface area contributed by atoms with Crippen LogP contribution in [-0.4, -0.2) is 50.3 Å². The van der Waals surface area contributed by atoms with E-state index in [1.807, 2.05) is 19.1 Å². The third kappa shape index (κ3) is 3.61. The van der Waals surface area contributed by atoms with Gasteiger partial charge in [-0.3, -0.25) is 4.79 Å². The first-order valence-corrected chi connectivity index (χ1v) is 6.10. The number of aliphatic hydroxyl groups excluding tert-OH is 1. The molecule has 1 aromatic rings. The maximum absolute atomic E-state index is 11.3. The van der Waals surface area contributed by atoms with Crippen molar-refractivity contribution in [1.29, 1.82) is 0 Å². The molecule has 5 heteroatoms. The highest BCUT2D eigenvalue weighted by Crippen LogP contribution is 2.31. The lowest BCUT2D eigenvalue weighted by molar-refractivity contribution is -0.132. The van der Waals surface area contributed by atoms with Crippen molar-refractivity contribution >= 4 is 5.91 Å². The minimum absolute atomic E-state index is 0.288. The fourth-order valence-electron chi connectivity index (χ4n) is 1.97. The van der Waals surface area contributed by atoms with Gasteiger partial charge in [0, 0.05) is 19.2 Å². The largest absolute Gasteiger partial charge is 0.496 e. The Morgan fingerprint density at radius 1 is 1.32 bits per heavy atom. The topological polar surface area (TPSA) is 59.0 Å². The Balaban J connectivity index is 2.84. The summed E-state index contributed by atoms with van der Waals surface area (Å²) in [6, 6.07) is 3.82. The van der Waals surface area contributed by atoms with Crippen LogP contribution in [0, 0.1) is 6.92 Å². The summed E-state index contributed by atoms with van der Waals surface area (Å²) in [7, 11) is 4.91. The van der Waals surface area contributed by atoms with Crippen molar-refractivity contribution in [1.82, 2.24) is 4.90 Å². The normalized spacial score (nSPS) is 10.2. The summed E-state index contributed by atoms with van der Waals surface area (Å²) in [5.41, 5.74) is 1.96. The van der Waals surface area contributed by atoms with Crippen LogP contribution in [0.1, 0.15) is 11.1 Å². The Bertz CT molecular complexity index is 445.